The second-order valence-electron chi connectivity index (χ2n) is 28.8. The molecule has 0 bridgehead atoms. The minimum atomic E-state index is -4.96. The van der Waals surface area contributed by atoms with Gasteiger partial charge >= 0.3 is 39.5 Å². The number of phosphoric acid groups is 2. The number of rotatable bonds is 73. The van der Waals surface area contributed by atoms with Crippen molar-refractivity contribution in [2.45, 2.75) is 401 Å². The lowest BCUT2D eigenvalue weighted by Crippen LogP contribution is -2.30. The number of ether oxygens (including phenoxy) is 4. The van der Waals surface area contributed by atoms with E-state index in [9.17, 15) is 43.2 Å². The lowest BCUT2D eigenvalue weighted by molar-refractivity contribution is -0.161. The summed E-state index contributed by atoms with van der Waals surface area (Å²) in [4.78, 5) is 72.7. The van der Waals surface area contributed by atoms with Gasteiger partial charge in [0.1, 0.15) is 19.3 Å². The van der Waals surface area contributed by atoms with Crippen LogP contribution in [0.4, 0.5) is 0 Å². The van der Waals surface area contributed by atoms with Crippen LogP contribution in [0, 0.1) is 23.7 Å². The van der Waals surface area contributed by atoms with E-state index in [2.05, 4.69) is 55.4 Å². The van der Waals surface area contributed by atoms with Crippen LogP contribution in [0.3, 0.4) is 0 Å². The van der Waals surface area contributed by atoms with E-state index in [4.69, 9.17) is 37.0 Å². The highest BCUT2D eigenvalue weighted by Gasteiger charge is 2.30. The second kappa shape index (κ2) is 65.4. The fourth-order valence-corrected chi connectivity index (χ4v) is 13.1. The molecule has 0 aromatic heterocycles. The fraction of sp³-hybridized carbons (Fsp3) is 0.947. The average molecular weight is 1400 g/mol. The SMILES string of the molecule is CCC(C)CCCCCCCCCCCCCCCCCCCCC(=O)OC[C@H](COP(=O)(O)OCC(O)COP(=O)(O)OC[C@@H](COC(=O)CCCCCCCCCC(C)C)OC(=O)CCCCCCCCCCC(C)C)OC(=O)CCCCCCCCCCC(C)CC. The zero-order valence-corrected chi connectivity index (χ0v) is 64.1. The van der Waals surface area contributed by atoms with Gasteiger partial charge in [0.25, 0.3) is 0 Å². The zero-order valence-electron chi connectivity index (χ0n) is 62.3. The number of esters is 4. The molecule has 0 heterocycles. The van der Waals surface area contributed by atoms with Gasteiger partial charge < -0.3 is 33.8 Å². The van der Waals surface area contributed by atoms with Crippen LogP contribution in [0.15, 0.2) is 0 Å². The van der Waals surface area contributed by atoms with E-state index in [1.54, 1.807) is 0 Å². The van der Waals surface area contributed by atoms with Gasteiger partial charge in [0.15, 0.2) is 12.2 Å². The smallest absolute Gasteiger partial charge is 0.462 e. The second-order valence-corrected chi connectivity index (χ2v) is 31.7. The molecule has 0 saturated heterocycles. The van der Waals surface area contributed by atoms with E-state index in [0.29, 0.717) is 31.6 Å². The Morgan fingerprint density at radius 3 is 0.747 bits per heavy atom. The van der Waals surface area contributed by atoms with E-state index in [-0.39, 0.29) is 25.7 Å². The number of carbonyl (C=O) groups is 4. The van der Waals surface area contributed by atoms with Crippen LogP contribution in [-0.2, 0) is 65.4 Å². The van der Waals surface area contributed by atoms with Crippen molar-refractivity contribution in [3.05, 3.63) is 0 Å². The minimum absolute atomic E-state index is 0.103. The highest BCUT2D eigenvalue weighted by Crippen LogP contribution is 2.45. The maximum absolute atomic E-state index is 13.1. The van der Waals surface area contributed by atoms with Crippen molar-refractivity contribution in [2.24, 2.45) is 23.7 Å². The van der Waals surface area contributed by atoms with Crippen molar-refractivity contribution in [3.63, 3.8) is 0 Å². The molecule has 0 aliphatic heterocycles. The van der Waals surface area contributed by atoms with Crippen molar-refractivity contribution >= 4 is 39.5 Å². The van der Waals surface area contributed by atoms with Gasteiger partial charge in [-0.25, -0.2) is 9.13 Å². The molecule has 5 unspecified atom stereocenters. The molecule has 0 aliphatic carbocycles. The standard InChI is InChI=1S/C76H148O17P2/c1-9-68(7)54-46-38-30-21-19-17-15-13-11-12-14-16-18-20-22-32-40-48-56-73(78)86-62-71(93-76(81)59-51-43-34-26-24-31-39-47-55-69(8)10-2)64-90-94(82,83)88-60-70(77)61-89-95(84,85)91-65-72(63-87-74(79)57-49-41-35-27-29-37-45-53-67(5)6)92-75(80)58-50-42-33-25-23-28-36-44-52-66(3)4/h66-72,77H,9-65H2,1-8H3,(H,82,83)(H,84,85)/t68?,69?,70?,71-,72-/m1/s1. The fourth-order valence-electron chi connectivity index (χ4n) is 11.5. The van der Waals surface area contributed by atoms with Gasteiger partial charge in [-0.2, -0.15) is 0 Å². The third-order valence-electron chi connectivity index (χ3n) is 18.3. The molecule has 95 heavy (non-hydrogen) atoms. The van der Waals surface area contributed by atoms with Gasteiger partial charge in [-0.15, -0.1) is 0 Å². The molecule has 0 fully saturated rings. The van der Waals surface area contributed by atoms with Gasteiger partial charge in [0, 0.05) is 25.7 Å². The Balaban J connectivity index is 5.15. The average Bonchev–Trinajstić information content (AvgIpc) is 2.25. The summed E-state index contributed by atoms with van der Waals surface area (Å²) in [5.74, 6) is 0.940. The third kappa shape index (κ3) is 67.6. The van der Waals surface area contributed by atoms with E-state index < -0.39 is 97.5 Å². The lowest BCUT2D eigenvalue weighted by Gasteiger charge is -2.21. The van der Waals surface area contributed by atoms with Gasteiger partial charge in [0.05, 0.1) is 26.4 Å². The Kier molecular flexibility index (Phi) is 64.0. The maximum Gasteiger partial charge on any atom is 0.472 e. The molecule has 0 aromatic carbocycles. The van der Waals surface area contributed by atoms with Gasteiger partial charge in [-0.3, -0.25) is 37.3 Å². The van der Waals surface area contributed by atoms with Crippen LogP contribution < -0.4 is 0 Å². The van der Waals surface area contributed by atoms with Crippen LogP contribution in [0.25, 0.3) is 0 Å². The molecule has 3 N–H and O–H groups in total. The number of hydrogen-bond donors (Lipinski definition) is 3. The lowest BCUT2D eigenvalue weighted by atomic mass is 9.99. The highest BCUT2D eigenvalue weighted by atomic mass is 31.2. The molecule has 0 saturated carbocycles. The summed E-state index contributed by atoms with van der Waals surface area (Å²) >= 11 is 0. The van der Waals surface area contributed by atoms with Gasteiger partial charge in [0.2, 0.25) is 0 Å². The molecule has 0 aromatic rings. The normalized spacial score (nSPS) is 14.7. The summed E-state index contributed by atoms with van der Waals surface area (Å²) in [5.41, 5.74) is 0. The number of carbonyl (C=O) groups excluding carboxylic acids is 4. The predicted octanol–water partition coefficient (Wildman–Crippen LogP) is 22.0. The summed E-state index contributed by atoms with van der Waals surface area (Å²) in [7, 11) is -9.91. The predicted molar refractivity (Wildman–Crippen MR) is 386 cm³/mol. The number of aliphatic hydroxyl groups is 1. The Hall–Kier alpha value is -1.94. The van der Waals surface area contributed by atoms with E-state index in [1.165, 1.54) is 180 Å². The molecular formula is C76H148O17P2. The van der Waals surface area contributed by atoms with Crippen LogP contribution >= 0.6 is 15.6 Å². The Morgan fingerprint density at radius 2 is 0.505 bits per heavy atom. The summed E-state index contributed by atoms with van der Waals surface area (Å²) in [5, 5.41) is 10.6. The molecule has 564 valence electrons. The Labute approximate surface area is 581 Å². The molecule has 0 spiro atoms. The zero-order chi connectivity index (χ0) is 70.3. The van der Waals surface area contributed by atoms with Crippen molar-refractivity contribution in [2.75, 3.05) is 39.6 Å². The van der Waals surface area contributed by atoms with Gasteiger partial charge in [-0.1, -0.05) is 331 Å². The molecule has 0 radical (unpaired) electrons. The summed E-state index contributed by atoms with van der Waals surface area (Å²) in [6.07, 6.45) is 50.2. The summed E-state index contributed by atoms with van der Waals surface area (Å²) < 4.78 is 68.4. The number of unbranched alkanes of at least 4 members (excludes halogenated alkanes) is 37. The quantitative estimate of drug-likeness (QED) is 0.0222. The summed E-state index contributed by atoms with van der Waals surface area (Å²) in [6.45, 7) is 14.2. The van der Waals surface area contributed by atoms with Crippen molar-refractivity contribution in [1.29, 1.82) is 0 Å². The highest BCUT2D eigenvalue weighted by molar-refractivity contribution is 7.47. The molecule has 7 atom stereocenters. The number of phosphoric ester groups is 2. The Morgan fingerprint density at radius 1 is 0.295 bits per heavy atom. The minimum Gasteiger partial charge on any atom is -0.462 e. The van der Waals surface area contributed by atoms with Crippen LogP contribution in [-0.4, -0.2) is 96.7 Å². The van der Waals surface area contributed by atoms with Crippen LogP contribution in [0.2, 0.25) is 0 Å². The largest absolute Gasteiger partial charge is 0.472 e. The first kappa shape index (κ1) is 93.1. The molecule has 19 heteroatoms. The van der Waals surface area contributed by atoms with Gasteiger partial charge in [-0.05, 0) is 49.4 Å². The maximum atomic E-state index is 13.1. The first-order valence-electron chi connectivity index (χ1n) is 39.3. The van der Waals surface area contributed by atoms with Crippen molar-refractivity contribution in [1.82, 2.24) is 0 Å². The number of aliphatic hydroxyl groups excluding tert-OH is 1. The molecule has 0 amide bonds. The molecule has 0 rings (SSSR count). The molecular weight excluding hydrogens is 1250 g/mol. The van der Waals surface area contributed by atoms with E-state index in [1.807, 2.05) is 0 Å². The monoisotopic (exact) mass is 1400 g/mol. The molecule has 17 nitrogen and oxygen atoms in total. The van der Waals surface area contributed by atoms with Crippen LogP contribution in [0.5, 0.6) is 0 Å². The van der Waals surface area contributed by atoms with Crippen molar-refractivity contribution < 1.29 is 80.2 Å². The first-order valence-corrected chi connectivity index (χ1v) is 42.3. The third-order valence-corrected chi connectivity index (χ3v) is 20.2. The van der Waals surface area contributed by atoms with E-state index in [0.717, 1.165) is 114 Å². The van der Waals surface area contributed by atoms with E-state index >= 15 is 0 Å². The first-order chi connectivity index (χ1) is 45.7. The Bertz CT molecular complexity index is 1870. The summed E-state index contributed by atoms with van der Waals surface area (Å²) in [6, 6.07) is 0. The number of hydrogen-bond acceptors (Lipinski definition) is 15. The topological polar surface area (TPSA) is 237 Å². The molecule has 0 aliphatic rings. The van der Waals surface area contributed by atoms with Crippen LogP contribution in [0.1, 0.15) is 383 Å². The van der Waals surface area contributed by atoms with Crippen molar-refractivity contribution in [3.8, 4) is 0 Å².